The van der Waals surface area contributed by atoms with Crippen LogP contribution < -0.4 is 5.32 Å². The van der Waals surface area contributed by atoms with Gasteiger partial charge >= 0.3 is 0 Å². The van der Waals surface area contributed by atoms with Crippen LogP contribution in [0.2, 0.25) is 5.02 Å². The van der Waals surface area contributed by atoms with Crippen LogP contribution in [0.4, 0.5) is 8.78 Å². The summed E-state index contributed by atoms with van der Waals surface area (Å²) in [5, 5.41) is 3.07. The predicted molar refractivity (Wildman–Crippen MR) is 61.5 cm³/mol. The normalized spacial score (nSPS) is 22.4. The molecular formula is C12H11ClF2N2. The first-order valence-corrected chi connectivity index (χ1v) is 5.85. The Kier molecular flexibility index (Phi) is 2.47. The molecule has 2 aliphatic rings. The van der Waals surface area contributed by atoms with Crippen molar-refractivity contribution in [3.05, 3.63) is 46.3 Å². The average Bonchev–Trinajstić information content (AvgIpc) is 2.84. The lowest BCUT2D eigenvalue weighted by molar-refractivity contribution is 0.394. The highest BCUT2D eigenvalue weighted by atomic mass is 35.5. The van der Waals surface area contributed by atoms with Crippen LogP contribution in [0, 0.1) is 11.6 Å². The molecule has 2 nitrogen and oxygen atoms in total. The zero-order chi connectivity index (χ0) is 12.0. The third-order valence-electron chi connectivity index (χ3n) is 3.34. The van der Waals surface area contributed by atoms with Crippen LogP contribution in [0.5, 0.6) is 0 Å². The second kappa shape index (κ2) is 3.88. The number of hydrogen-bond acceptors (Lipinski definition) is 2. The minimum atomic E-state index is -0.619. The molecule has 0 amide bonds. The molecule has 0 radical (unpaired) electrons. The van der Waals surface area contributed by atoms with Crippen LogP contribution in [0.3, 0.4) is 0 Å². The fourth-order valence-electron chi connectivity index (χ4n) is 2.53. The van der Waals surface area contributed by atoms with Crippen LogP contribution in [0.1, 0.15) is 17.9 Å². The average molecular weight is 257 g/mol. The molecule has 3 rings (SSSR count). The molecule has 2 aliphatic heterocycles. The number of benzene rings is 1. The summed E-state index contributed by atoms with van der Waals surface area (Å²) in [5.41, 5.74) is 1.22. The molecule has 1 saturated heterocycles. The van der Waals surface area contributed by atoms with E-state index in [1.807, 2.05) is 6.20 Å². The smallest absolute Gasteiger partial charge is 0.148 e. The summed E-state index contributed by atoms with van der Waals surface area (Å²) >= 11 is 5.70. The van der Waals surface area contributed by atoms with E-state index in [1.165, 1.54) is 12.1 Å². The zero-order valence-electron chi connectivity index (χ0n) is 9.01. The topological polar surface area (TPSA) is 15.3 Å². The van der Waals surface area contributed by atoms with Crippen molar-refractivity contribution in [1.29, 1.82) is 0 Å². The summed E-state index contributed by atoms with van der Waals surface area (Å²) in [4.78, 5) is 2.09. The van der Waals surface area contributed by atoms with E-state index in [0.717, 1.165) is 12.4 Å². The van der Waals surface area contributed by atoms with Crippen molar-refractivity contribution in [2.24, 2.45) is 0 Å². The molecule has 0 bridgehead atoms. The molecule has 2 heterocycles. The van der Waals surface area contributed by atoms with E-state index < -0.39 is 11.6 Å². The van der Waals surface area contributed by atoms with E-state index >= 15 is 0 Å². The maximum absolute atomic E-state index is 13.9. The lowest BCUT2D eigenvalue weighted by atomic mass is 9.96. The summed E-state index contributed by atoms with van der Waals surface area (Å²) in [6.45, 7) is 1.35. The second-order valence-electron chi connectivity index (χ2n) is 4.38. The number of rotatable bonds is 1. The number of nitrogens with zero attached hydrogens (tertiary/aromatic N) is 1. The maximum atomic E-state index is 13.9. The summed E-state index contributed by atoms with van der Waals surface area (Å²) in [6, 6.07) is 2.49. The number of allylic oxidation sites excluding steroid dienone is 1. The summed E-state index contributed by atoms with van der Waals surface area (Å²) in [6.07, 6.45) is 2.56. The lowest BCUT2D eigenvalue weighted by Gasteiger charge is -2.15. The third kappa shape index (κ3) is 1.67. The van der Waals surface area contributed by atoms with E-state index in [-0.39, 0.29) is 16.5 Å². The van der Waals surface area contributed by atoms with Crippen molar-refractivity contribution in [1.82, 2.24) is 10.2 Å². The van der Waals surface area contributed by atoms with Crippen molar-refractivity contribution in [2.45, 2.75) is 12.3 Å². The first-order chi connectivity index (χ1) is 8.16. The van der Waals surface area contributed by atoms with Gasteiger partial charge in [0.1, 0.15) is 11.6 Å². The summed E-state index contributed by atoms with van der Waals surface area (Å²) < 4.78 is 27.6. The van der Waals surface area contributed by atoms with Crippen molar-refractivity contribution in [2.75, 3.05) is 13.2 Å². The highest BCUT2D eigenvalue weighted by Gasteiger charge is 2.33. The van der Waals surface area contributed by atoms with Gasteiger partial charge in [-0.15, -0.1) is 0 Å². The minimum Gasteiger partial charge on any atom is -0.372 e. The quantitative estimate of drug-likeness (QED) is 0.778. The first kappa shape index (κ1) is 10.8. The van der Waals surface area contributed by atoms with Crippen molar-refractivity contribution in [3.63, 3.8) is 0 Å². The molecule has 0 aliphatic carbocycles. The van der Waals surface area contributed by atoms with Gasteiger partial charge in [-0.2, -0.15) is 0 Å². The van der Waals surface area contributed by atoms with Gasteiger partial charge in [0.15, 0.2) is 0 Å². The summed E-state index contributed by atoms with van der Waals surface area (Å²) in [5.74, 6) is -1.28. The first-order valence-electron chi connectivity index (χ1n) is 5.47. The van der Waals surface area contributed by atoms with Crippen molar-refractivity contribution in [3.8, 4) is 0 Å². The Hall–Kier alpha value is -1.29. The molecule has 0 unspecified atom stereocenters. The number of nitrogens with one attached hydrogen (secondary N) is 1. The molecular weight excluding hydrogens is 246 g/mol. The van der Waals surface area contributed by atoms with Crippen LogP contribution in [-0.4, -0.2) is 18.1 Å². The van der Waals surface area contributed by atoms with Crippen LogP contribution in [-0.2, 0) is 0 Å². The molecule has 1 fully saturated rings. The molecule has 0 saturated carbocycles. The summed E-state index contributed by atoms with van der Waals surface area (Å²) in [7, 11) is 0. The minimum absolute atomic E-state index is 0.0134. The monoisotopic (exact) mass is 256 g/mol. The van der Waals surface area contributed by atoms with Gasteiger partial charge in [-0.3, -0.25) is 0 Å². The van der Waals surface area contributed by atoms with E-state index in [0.29, 0.717) is 13.0 Å². The van der Waals surface area contributed by atoms with Gasteiger partial charge in [0.2, 0.25) is 0 Å². The molecule has 1 aromatic rings. The molecule has 90 valence electrons. The molecule has 0 spiro atoms. The van der Waals surface area contributed by atoms with Crippen LogP contribution in [0.15, 0.2) is 24.0 Å². The highest BCUT2D eigenvalue weighted by Crippen LogP contribution is 2.38. The largest absolute Gasteiger partial charge is 0.372 e. The predicted octanol–water partition coefficient (Wildman–Crippen LogP) is 2.81. The molecule has 1 atom stereocenters. The molecule has 17 heavy (non-hydrogen) atoms. The lowest BCUT2D eigenvalue weighted by Crippen LogP contribution is -2.22. The van der Waals surface area contributed by atoms with E-state index in [2.05, 4.69) is 10.2 Å². The second-order valence-corrected chi connectivity index (χ2v) is 4.79. The van der Waals surface area contributed by atoms with E-state index in [9.17, 15) is 8.78 Å². The number of fused-ring (bicyclic) bond motifs is 1. The van der Waals surface area contributed by atoms with E-state index in [1.54, 1.807) is 0 Å². The highest BCUT2D eigenvalue weighted by molar-refractivity contribution is 6.30. The third-order valence-corrected chi connectivity index (χ3v) is 3.63. The fraction of sp³-hybridized carbons (Fsp3) is 0.333. The standard InChI is InChI=1S/C12H11ClF2N2/c13-9-1-2-10(14)11(12(9)15)7-3-8-4-16-6-17(8)5-7/h1-2,4,7,16H,3,5-6H2/t7-/m0/s1. The van der Waals surface area contributed by atoms with Gasteiger partial charge in [-0.05, 0) is 18.6 Å². The molecule has 1 aromatic carbocycles. The Labute approximate surface area is 103 Å². The fourth-order valence-corrected chi connectivity index (χ4v) is 2.69. The van der Waals surface area contributed by atoms with Crippen LogP contribution >= 0.6 is 11.6 Å². The van der Waals surface area contributed by atoms with Gasteiger partial charge in [-0.1, -0.05) is 11.6 Å². The Bertz CT molecular complexity index is 502. The maximum Gasteiger partial charge on any atom is 0.148 e. The Balaban J connectivity index is 1.98. The molecule has 0 aromatic heterocycles. The van der Waals surface area contributed by atoms with E-state index in [4.69, 9.17) is 11.6 Å². The van der Waals surface area contributed by atoms with Crippen LogP contribution in [0.25, 0.3) is 0 Å². The zero-order valence-corrected chi connectivity index (χ0v) is 9.77. The van der Waals surface area contributed by atoms with Gasteiger partial charge in [0, 0.05) is 29.9 Å². The molecule has 5 heteroatoms. The van der Waals surface area contributed by atoms with Crippen molar-refractivity contribution < 1.29 is 8.78 Å². The molecule has 1 N–H and O–H groups in total. The number of hydrogen-bond donors (Lipinski definition) is 1. The van der Waals surface area contributed by atoms with Gasteiger partial charge in [0.25, 0.3) is 0 Å². The van der Waals surface area contributed by atoms with Gasteiger partial charge < -0.3 is 10.2 Å². The van der Waals surface area contributed by atoms with Gasteiger partial charge in [0.05, 0.1) is 11.7 Å². The Morgan fingerprint density at radius 2 is 2.18 bits per heavy atom. The SMILES string of the molecule is Fc1ccc(Cl)c(F)c1[C@H]1CC2=CNCN2C1. The number of halogens is 3. The Morgan fingerprint density at radius 1 is 1.35 bits per heavy atom. The van der Waals surface area contributed by atoms with Crippen molar-refractivity contribution >= 4 is 11.6 Å². The Morgan fingerprint density at radius 3 is 2.94 bits per heavy atom. The van der Waals surface area contributed by atoms with Gasteiger partial charge in [-0.25, -0.2) is 8.78 Å².